The molecular formula is C13H12N4O3S2. The number of anilines is 1. The molecule has 0 unspecified atom stereocenters. The van der Waals surface area contributed by atoms with Gasteiger partial charge in [-0.25, -0.2) is 0 Å². The van der Waals surface area contributed by atoms with Crippen LogP contribution in [0.25, 0.3) is 6.08 Å². The van der Waals surface area contributed by atoms with E-state index in [1.165, 1.54) is 29.5 Å². The third-order valence-corrected chi connectivity index (χ3v) is 4.29. The average Bonchev–Trinajstić information content (AvgIpc) is 2.93. The summed E-state index contributed by atoms with van der Waals surface area (Å²) in [6.07, 6.45) is 2.91. The molecule has 1 amide bonds. The minimum atomic E-state index is -0.471. The highest BCUT2D eigenvalue weighted by Crippen LogP contribution is 2.24. The Morgan fingerprint density at radius 2 is 2.14 bits per heavy atom. The Morgan fingerprint density at radius 1 is 1.41 bits per heavy atom. The molecule has 0 aliphatic rings. The Labute approximate surface area is 134 Å². The Kier molecular flexibility index (Phi) is 5.61. The second kappa shape index (κ2) is 7.66. The summed E-state index contributed by atoms with van der Waals surface area (Å²) in [6, 6.07) is 5.92. The van der Waals surface area contributed by atoms with Gasteiger partial charge in [-0.1, -0.05) is 30.0 Å². The minimum absolute atomic E-state index is 0.0106. The first-order valence-electron chi connectivity index (χ1n) is 6.28. The van der Waals surface area contributed by atoms with Crippen LogP contribution in [0.1, 0.15) is 12.5 Å². The minimum Gasteiger partial charge on any atom is -0.297 e. The highest BCUT2D eigenvalue weighted by atomic mass is 32.2. The van der Waals surface area contributed by atoms with Crippen LogP contribution in [-0.4, -0.2) is 26.8 Å². The van der Waals surface area contributed by atoms with Crippen molar-refractivity contribution in [3.63, 3.8) is 0 Å². The molecule has 0 aliphatic carbocycles. The zero-order valence-corrected chi connectivity index (χ0v) is 13.2. The molecule has 1 N–H and O–H groups in total. The Hall–Kier alpha value is -2.26. The molecule has 0 saturated heterocycles. The molecule has 114 valence electrons. The predicted molar refractivity (Wildman–Crippen MR) is 87.1 cm³/mol. The summed E-state index contributed by atoms with van der Waals surface area (Å²) in [5, 5.41) is 21.4. The Morgan fingerprint density at radius 3 is 2.77 bits per heavy atom. The second-order valence-electron chi connectivity index (χ2n) is 3.98. The smallest absolute Gasteiger partial charge is 0.269 e. The number of thioether (sulfide) groups is 1. The van der Waals surface area contributed by atoms with E-state index in [1.54, 1.807) is 30.0 Å². The summed E-state index contributed by atoms with van der Waals surface area (Å²) in [5.41, 5.74) is 0.705. The first-order chi connectivity index (χ1) is 10.6. The van der Waals surface area contributed by atoms with E-state index in [4.69, 9.17) is 0 Å². The number of carbonyl (C=O) groups excluding carboxylic acids is 1. The van der Waals surface area contributed by atoms with Gasteiger partial charge in [0, 0.05) is 18.2 Å². The number of nitrogens with zero attached hydrogens (tertiary/aromatic N) is 3. The fourth-order valence-corrected chi connectivity index (χ4v) is 3.12. The molecule has 0 fully saturated rings. The van der Waals surface area contributed by atoms with E-state index < -0.39 is 4.92 Å². The summed E-state index contributed by atoms with van der Waals surface area (Å²) >= 11 is 2.87. The van der Waals surface area contributed by atoms with E-state index >= 15 is 0 Å². The quantitative estimate of drug-likeness (QED) is 0.286. The third-order valence-electron chi connectivity index (χ3n) is 2.44. The SMILES string of the molecule is CCSc1nnc(NC(=O)/C=C\c2ccc([N+](=O)[O-])cc2)s1. The van der Waals surface area contributed by atoms with Gasteiger partial charge in [-0.3, -0.25) is 20.2 Å². The van der Waals surface area contributed by atoms with Gasteiger partial charge < -0.3 is 0 Å². The van der Waals surface area contributed by atoms with E-state index in [9.17, 15) is 14.9 Å². The molecule has 0 spiro atoms. The number of nitrogens with one attached hydrogen (secondary N) is 1. The number of aromatic nitrogens is 2. The number of carbonyl (C=O) groups is 1. The van der Waals surface area contributed by atoms with Crippen molar-refractivity contribution >= 4 is 45.9 Å². The van der Waals surface area contributed by atoms with Crippen LogP contribution in [0.2, 0.25) is 0 Å². The molecular weight excluding hydrogens is 324 g/mol. The maximum Gasteiger partial charge on any atom is 0.269 e. The van der Waals surface area contributed by atoms with Crippen LogP contribution in [0.4, 0.5) is 10.8 Å². The third kappa shape index (κ3) is 4.64. The fourth-order valence-electron chi connectivity index (χ4n) is 1.47. The van der Waals surface area contributed by atoms with E-state index in [0.29, 0.717) is 10.7 Å². The van der Waals surface area contributed by atoms with Crippen LogP contribution in [-0.2, 0) is 4.79 Å². The number of benzene rings is 1. The monoisotopic (exact) mass is 336 g/mol. The van der Waals surface area contributed by atoms with Crippen LogP contribution in [0, 0.1) is 10.1 Å². The van der Waals surface area contributed by atoms with Gasteiger partial charge in [-0.2, -0.15) is 0 Å². The van der Waals surface area contributed by atoms with E-state index in [1.807, 2.05) is 6.92 Å². The van der Waals surface area contributed by atoms with Crippen molar-refractivity contribution < 1.29 is 9.72 Å². The largest absolute Gasteiger partial charge is 0.297 e. The first-order valence-corrected chi connectivity index (χ1v) is 8.08. The van der Waals surface area contributed by atoms with Crippen molar-refractivity contribution in [3.8, 4) is 0 Å². The lowest BCUT2D eigenvalue weighted by Gasteiger charge is -1.95. The first kappa shape index (κ1) is 16.1. The van der Waals surface area contributed by atoms with Crippen LogP contribution in [0.5, 0.6) is 0 Å². The topological polar surface area (TPSA) is 98.0 Å². The van der Waals surface area contributed by atoms with Crippen molar-refractivity contribution in [1.29, 1.82) is 0 Å². The van der Waals surface area contributed by atoms with Crippen LogP contribution < -0.4 is 5.32 Å². The van der Waals surface area contributed by atoms with Gasteiger partial charge in [-0.15, -0.1) is 10.2 Å². The number of nitro groups is 1. The van der Waals surface area contributed by atoms with Gasteiger partial charge in [-0.05, 0) is 29.5 Å². The molecule has 1 aromatic carbocycles. The molecule has 0 saturated carbocycles. The maximum absolute atomic E-state index is 11.8. The predicted octanol–water partition coefficient (Wildman–Crippen LogP) is 3.21. The summed E-state index contributed by atoms with van der Waals surface area (Å²) < 4.78 is 0.803. The molecule has 2 aromatic rings. The summed E-state index contributed by atoms with van der Waals surface area (Å²) in [5.74, 6) is 0.561. The summed E-state index contributed by atoms with van der Waals surface area (Å²) in [6.45, 7) is 2.01. The average molecular weight is 336 g/mol. The van der Waals surface area contributed by atoms with Gasteiger partial charge in [0.1, 0.15) is 0 Å². The zero-order chi connectivity index (χ0) is 15.9. The Bertz CT molecular complexity index is 698. The van der Waals surface area contributed by atoms with Crippen molar-refractivity contribution in [3.05, 3.63) is 46.0 Å². The number of non-ortho nitro benzene ring substituents is 1. The lowest BCUT2D eigenvalue weighted by molar-refractivity contribution is -0.384. The van der Waals surface area contributed by atoms with E-state index in [-0.39, 0.29) is 11.6 Å². The van der Waals surface area contributed by atoms with E-state index in [0.717, 1.165) is 10.1 Å². The van der Waals surface area contributed by atoms with Crippen molar-refractivity contribution in [2.75, 3.05) is 11.1 Å². The van der Waals surface area contributed by atoms with Gasteiger partial charge >= 0.3 is 0 Å². The van der Waals surface area contributed by atoms with Gasteiger partial charge in [0.05, 0.1) is 4.92 Å². The van der Waals surface area contributed by atoms with Crippen molar-refractivity contribution in [2.45, 2.75) is 11.3 Å². The molecule has 0 bridgehead atoms. The van der Waals surface area contributed by atoms with Crippen LogP contribution in [0.15, 0.2) is 34.7 Å². The van der Waals surface area contributed by atoms with Gasteiger partial charge in [0.2, 0.25) is 11.0 Å². The van der Waals surface area contributed by atoms with Crippen molar-refractivity contribution in [1.82, 2.24) is 10.2 Å². The van der Waals surface area contributed by atoms with Crippen LogP contribution in [0.3, 0.4) is 0 Å². The molecule has 1 aromatic heterocycles. The second-order valence-corrected chi connectivity index (χ2v) is 6.47. The van der Waals surface area contributed by atoms with Crippen LogP contribution >= 0.6 is 23.1 Å². The molecule has 2 rings (SSSR count). The van der Waals surface area contributed by atoms with Crippen molar-refractivity contribution in [2.24, 2.45) is 0 Å². The molecule has 1 heterocycles. The summed E-state index contributed by atoms with van der Waals surface area (Å²) in [7, 11) is 0. The molecule has 0 radical (unpaired) electrons. The highest BCUT2D eigenvalue weighted by molar-refractivity contribution is 8.01. The molecule has 9 heteroatoms. The maximum atomic E-state index is 11.8. The highest BCUT2D eigenvalue weighted by Gasteiger charge is 2.06. The lowest BCUT2D eigenvalue weighted by Crippen LogP contribution is -2.07. The molecule has 0 aliphatic heterocycles. The fraction of sp³-hybridized carbons (Fsp3) is 0.154. The normalized spacial score (nSPS) is 10.8. The molecule has 0 atom stereocenters. The number of nitro benzene ring substituents is 1. The number of rotatable bonds is 6. The number of hydrogen-bond donors (Lipinski definition) is 1. The number of hydrogen-bond acceptors (Lipinski definition) is 7. The molecule has 22 heavy (non-hydrogen) atoms. The Balaban J connectivity index is 1.94. The lowest BCUT2D eigenvalue weighted by atomic mass is 10.2. The zero-order valence-electron chi connectivity index (χ0n) is 11.6. The molecule has 7 nitrogen and oxygen atoms in total. The standard InChI is InChI=1S/C13H12N4O3S2/c1-2-21-13-16-15-12(22-13)14-11(18)8-5-9-3-6-10(7-4-9)17(19)20/h3-8H,2H2,1H3,(H,14,15,18)/b8-5-. The number of amides is 1. The van der Waals surface area contributed by atoms with Gasteiger partial charge in [0.15, 0.2) is 4.34 Å². The van der Waals surface area contributed by atoms with Gasteiger partial charge in [0.25, 0.3) is 5.69 Å². The summed E-state index contributed by atoms with van der Waals surface area (Å²) in [4.78, 5) is 21.8. The van der Waals surface area contributed by atoms with E-state index in [2.05, 4.69) is 15.5 Å².